The van der Waals surface area contributed by atoms with Crippen LogP contribution < -0.4 is 5.32 Å². The Kier molecular flexibility index (Phi) is 5.99. The smallest absolute Gasteiger partial charge is 0.127 e. The predicted octanol–water partition coefficient (Wildman–Crippen LogP) is 3.20. The molecule has 0 aliphatic carbocycles. The minimum absolute atomic E-state index is 0.0482. The molecule has 1 aliphatic rings. The van der Waals surface area contributed by atoms with Crippen molar-refractivity contribution in [2.75, 3.05) is 26.9 Å². The highest BCUT2D eigenvalue weighted by molar-refractivity contribution is 6.30. The Balaban J connectivity index is 2.21. The third kappa shape index (κ3) is 3.95. The zero-order chi connectivity index (χ0) is 15.3. The molecule has 3 nitrogen and oxygen atoms in total. The predicted molar refractivity (Wildman–Crippen MR) is 82.4 cm³/mol. The third-order valence-electron chi connectivity index (χ3n) is 4.27. The van der Waals surface area contributed by atoms with Crippen molar-refractivity contribution < 1.29 is 13.9 Å². The van der Waals surface area contributed by atoms with E-state index in [1.54, 1.807) is 19.2 Å². The fourth-order valence-electron chi connectivity index (χ4n) is 3.01. The second-order valence-electron chi connectivity index (χ2n) is 5.43. The van der Waals surface area contributed by atoms with Crippen LogP contribution in [0.3, 0.4) is 0 Å². The molecular weight excluding hydrogens is 293 g/mol. The number of halogens is 2. The van der Waals surface area contributed by atoms with Gasteiger partial charge in [0.15, 0.2) is 0 Å². The Hall–Kier alpha value is -0.680. The maximum absolute atomic E-state index is 14.1. The average Bonchev–Trinajstić information content (AvgIpc) is 2.50. The van der Waals surface area contributed by atoms with E-state index in [0.717, 1.165) is 19.4 Å². The quantitative estimate of drug-likeness (QED) is 0.874. The summed E-state index contributed by atoms with van der Waals surface area (Å²) in [5.41, 5.74) is 0.355. The van der Waals surface area contributed by atoms with Crippen molar-refractivity contribution in [1.82, 2.24) is 5.32 Å². The summed E-state index contributed by atoms with van der Waals surface area (Å²) in [5.74, 6) is -0.260. The summed E-state index contributed by atoms with van der Waals surface area (Å²) in [5, 5.41) is 3.87. The number of ether oxygens (including phenoxy) is 2. The average molecular weight is 316 g/mol. The van der Waals surface area contributed by atoms with Crippen LogP contribution >= 0.6 is 11.6 Å². The summed E-state index contributed by atoms with van der Waals surface area (Å²) < 4.78 is 25.4. The van der Waals surface area contributed by atoms with Crippen molar-refractivity contribution in [2.24, 2.45) is 0 Å². The molecule has 0 saturated carbocycles. The first-order chi connectivity index (χ1) is 10.1. The van der Waals surface area contributed by atoms with Gasteiger partial charge in [0.25, 0.3) is 0 Å². The number of methoxy groups -OCH3 is 1. The molecule has 2 rings (SSSR count). The Morgan fingerprint density at radius 1 is 1.43 bits per heavy atom. The molecule has 1 aliphatic heterocycles. The maximum Gasteiger partial charge on any atom is 0.127 e. The molecule has 0 amide bonds. The van der Waals surface area contributed by atoms with E-state index in [9.17, 15) is 4.39 Å². The van der Waals surface area contributed by atoms with Crippen LogP contribution in [0.25, 0.3) is 0 Å². The Bertz CT molecular complexity index is 464. The van der Waals surface area contributed by atoms with Crippen LogP contribution in [0.4, 0.5) is 4.39 Å². The molecule has 0 radical (unpaired) electrons. The highest BCUT2D eigenvalue weighted by Gasteiger charge is 2.40. The molecule has 1 atom stereocenters. The number of rotatable bonds is 6. The van der Waals surface area contributed by atoms with Crippen molar-refractivity contribution in [3.05, 3.63) is 34.6 Å². The summed E-state index contributed by atoms with van der Waals surface area (Å²) in [6, 6.07) is 4.90. The first-order valence-corrected chi connectivity index (χ1v) is 7.79. The van der Waals surface area contributed by atoms with Gasteiger partial charge in [-0.2, -0.15) is 0 Å². The molecule has 1 fully saturated rings. The fraction of sp³-hybridized carbons (Fsp3) is 0.625. The maximum atomic E-state index is 14.1. The summed E-state index contributed by atoms with van der Waals surface area (Å²) in [4.78, 5) is 0. The number of benzene rings is 1. The molecule has 1 N–H and O–H groups in total. The highest BCUT2D eigenvalue weighted by Crippen LogP contribution is 2.31. The van der Waals surface area contributed by atoms with Gasteiger partial charge in [-0.1, -0.05) is 24.6 Å². The van der Waals surface area contributed by atoms with Crippen LogP contribution in [0.5, 0.6) is 0 Å². The van der Waals surface area contributed by atoms with Crippen LogP contribution in [0, 0.1) is 5.82 Å². The monoisotopic (exact) mass is 315 g/mol. The van der Waals surface area contributed by atoms with Crippen LogP contribution in [-0.2, 0) is 15.9 Å². The Morgan fingerprint density at radius 3 is 2.71 bits per heavy atom. The largest absolute Gasteiger partial charge is 0.381 e. The molecule has 1 aromatic rings. The van der Waals surface area contributed by atoms with Crippen molar-refractivity contribution in [3.63, 3.8) is 0 Å². The van der Waals surface area contributed by atoms with Crippen molar-refractivity contribution in [3.8, 4) is 0 Å². The van der Waals surface area contributed by atoms with Gasteiger partial charge in [0, 0.05) is 44.2 Å². The lowest BCUT2D eigenvalue weighted by molar-refractivity contribution is -0.110. The lowest BCUT2D eigenvalue weighted by Gasteiger charge is -2.42. The van der Waals surface area contributed by atoms with Gasteiger partial charge in [-0.05, 0) is 30.7 Å². The Labute approximate surface area is 130 Å². The van der Waals surface area contributed by atoms with Gasteiger partial charge >= 0.3 is 0 Å². The number of hydrogen-bond acceptors (Lipinski definition) is 3. The lowest BCUT2D eigenvalue weighted by atomic mass is 9.82. The molecule has 0 bridgehead atoms. The highest BCUT2D eigenvalue weighted by atomic mass is 35.5. The topological polar surface area (TPSA) is 30.5 Å². The van der Waals surface area contributed by atoms with E-state index < -0.39 is 0 Å². The molecule has 1 unspecified atom stereocenters. The minimum atomic E-state index is -0.305. The van der Waals surface area contributed by atoms with Gasteiger partial charge in [-0.3, -0.25) is 0 Å². The van der Waals surface area contributed by atoms with Crippen LogP contribution in [-0.4, -0.2) is 38.5 Å². The Morgan fingerprint density at radius 2 is 2.14 bits per heavy atom. The second-order valence-corrected chi connectivity index (χ2v) is 5.87. The SMILES string of the molecule is CCNC(Cc1ccc(Cl)cc1F)C1(OC)CCOCC1. The summed E-state index contributed by atoms with van der Waals surface area (Å²) >= 11 is 5.82. The lowest BCUT2D eigenvalue weighted by Crippen LogP contribution is -2.56. The summed E-state index contributed by atoms with van der Waals surface area (Å²) in [6.45, 7) is 4.22. The molecule has 118 valence electrons. The second kappa shape index (κ2) is 7.54. The molecule has 5 heteroatoms. The van der Waals surface area contributed by atoms with Crippen LogP contribution in [0.15, 0.2) is 18.2 Å². The van der Waals surface area contributed by atoms with E-state index in [1.165, 1.54) is 6.07 Å². The number of hydrogen-bond donors (Lipinski definition) is 1. The number of likely N-dealkylation sites (N-methyl/N-ethyl adjacent to an activating group) is 1. The fourth-order valence-corrected chi connectivity index (χ4v) is 3.17. The standard InChI is InChI=1S/C16H23ClFNO2/c1-3-19-15(16(20-2)6-8-21-9-7-16)10-12-4-5-13(17)11-14(12)18/h4-5,11,15,19H,3,6-10H2,1-2H3. The van der Waals surface area contributed by atoms with Crippen molar-refractivity contribution >= 4 is 11.6 Å². The zero-order valence-corrected chi connectivity index (χ0v) is 13.4. The first kappa shape index (κ1) is 16.7. The summed E-state index contributed by atoms with van der Waals surface area (Å²) in [6.07, 6.45) is 2.21. The molecule has 1 saturated heterocycles. The van der Waals surface area contributed by atoms with Crippen LogP contribution in [0.1, 0.15) is 25.3 Å². The first-order valence-electron chi connectivity index (χ1n) is 7.41. The van der Waals surface area contributed by atoms with E-state index in [-0.39, 0.29) is 17.5 Å². The van der Waals surface area contributed by atoms with E-state index >= 15 is 0 Å². The molecule has 21 heavy (non-hydrogen) atoms. The third-order valence-corrected chi connectivity index (χ3v) is 4.51. The van der Waals surface area contributed by atoms with Crippen molar-refractivity contribution in [1.29, 1.82) is 0 Å². The van der Waals surface area contributed by atoms with E-state index in [4.69, 9.17) is 21.1 Å². The van der Waals surface area contributed by atoms with Crippen LogP contribution in [0.2, 0.25) is 5.02 Å². The molecule has 1 heterocycles. The van der Waals surface area contributed by atoms with E-state index in [0.29, 0.717) is 30.2 Å². The molecule has 1 aromatic carbocycles. The summed E-state index contributed by atoms with van der Waals surface area (Å²) in [7, 11) is 1.73. The van der Waals surface area contributed by atoms with Gasteiger partial charge in [0.05, 0.1) is 5.60 Å². The number of nitrogens with one attached hydrogen (secondary N) is 1. The molecule has 0 spiro atoms. The van der Waals surface area contributed by atoms with Gasteiger partial charge in [0.2, 0.25) is 0 Å². The molecular formula is C16H23ClFNO2. The normalized spacial score (nSPS) is 19.4. The molecule has 0 aromatic heterocycles. The van der Waals surface area contributed by atoms with Gasteiger partial charge in [-0.25, -0.2) is 4.39 Å². The van der Waals surface area contributed by atoms with Crippen molar-refractivity contribution in [2.45, 2.75) is 37.8 Å². The van der Waals surface area contributed by atoms with E-state index in [1.807, 2.05) is 6.92 Å². The van der Waals surface area contributed by atoms with E-state index in [2.05, 4.69) is 5.32 Å². The zero-order valence-electron chi connectivity index (χ0n) is 12.6. The van der Waals surface area contributed by atoms with Gasteiger partial charge in [-0.15, -0.1) is 0 Å². The minimum Gasteiger partial charge on any atom is -0.381 e. The van der Waals surface area contributed by atoms with Gasteiger partial charge in [0.1, 0.15) is 5.82 Å². The van der Waals surface area contributed by atoms with Gasteiger partial charge < -0.3 is 14.8 Å².